The van der Waals surface area contributed by atoms with Crippen LogP contribution >= 0.6 is 39.9 Å². The first-order valence-electron chi connectivity index (χ1n) is 7.49. The molecule has 0 radical (unpaired) electrons. The molecule has 1 heterocycles. The van der Waals surface area contributed by atoms with Gasteiger partial charge < -0.3 is 9.84 Å². The molecule has 3 rings (SSSR count). The van der Waals surface area contributed by atoms with E-state index in [1.807, 2.05) is 31.2 Å². The second kappa shape index (κ2) is 7.59. The number of aromatic hydroxyl groups is 1. The number of ether oxygens (including phenoxy) is 1. The first-order valence-corrected chi connectivity index (χ1v) is 9.50. The zero-order chi connectivity index (χ0) is 18.0. The Balaban J connectivity index is 1.86. The van der Waals surface area contributed by atoms with Gasteiger partial charge in [-0.05, 0) is 70.9 Å². The number of rotatable bonds is 4. The number of carbonyl (C=O) groups excluding carboxylic acids is 1. The van der Waals surface area contributed by atoms with Gasteiger partial charge in [0.2, 0.25) is 0 Å². The van der Waals surface area contributed by atoms with Crippen LogP contribution in [0.1, 0.15) is 12.5 Å². The first-order chi connectivity index (χ1) is 12.0. The van der Waals surface area contributed by atoms with Gasteiger partial charge in [-0.1, -0.05) is 30.0 Å². The van der Waals surface area contributed by atoms with E-state index >= 15 is 0 Å². The lowest BCUT2D eigenvalue weighted by molar-refractivity contribution is -0.113. The number of thioether (sulfide) groups is 1. The molecule has 1 amide bonds. The third-order valence-electron chi connectivity index (χ3n) is 3.47. The van der Waals surface area contributed by atoms with Crippen molar-refractivity contribution in [3.63, 3.8) is 0 Å². The van der Waals surface area contributed by atoms with Crippen LogP contribution in [-0.4, -0.2) is 21.9 Å². The van der Waals surface area contributed by atoms with Gasteiger partial charge in [-0.25, -0.2) is 0 Å². The van der Waals surface area contributed by atoms with Crippen LogP contribution in [-0.2, 0) is 4.79 Å². The molecular formula is C18H14BrNO3S2. The van der Waals surface area contributed by atoms with Crippen LogP contribution < -0.4 is 9.64 Å². The number of phenolic OH excluding ortho intramolecular Hbond substituents is 1. The highest BCUT2D eigenvalue weighted by molar-refractivity contribution is 9.10. The second-order valence-corrected chi connectivity index (χ2v) is 7.68. The third-order valence-corrected chi connectivity index (χ3v) is 5.41. The highest BCUT2D eigenvalue weighted by Gasteiger charge is 2.33. The van der Waals surface area contributed by atoms with Gasteiger partial charge in [-0.3, -0.25) is 9.69 Å². The number of anilines is 1. The monoisotopic (exact) mass is 435 g/mol. The van der Waals surface area contributed by atoms with Crippen LogP contribution in [0.5, 0.6) is 11.5 Å². The predicted octanol–water partition coefficient (Wildman–Crippen LogP) is 4.96. The Bertz CT molecular complexity index is 865. The Morgan fingerprint density at radius 3 is 2.64 bits per heavy atom. The number of benzene rings is 2. The molecular weight excluding hydrogens is 422 g/mol. The van der Waals surface area contributed by atoms with Crippen molar-refractivity contribution in [3.8, 4) is 11.5 Å². The van der Waals surface area contributed by atoms with Crippen molar-refractivity contribution in [3.05, 3.63) is 57.4 Å². The summed E-state index contributed by atoms with van der Waals surface area (Å²) in [7, 11) is 0. The average Bonchev–Trinajstić information content (AvgIpc) is 2.86. The lowest BCUT2D eigenvalue weighted by Gasteiger charge is -2.15. The summed E-state index contributed by atoms with van der Waals surface area (Å²) in [6, 6.07) is 12.3. The molecule has 0 atom stereocenters. The normalized spacial score (nSPS) is 15.9. The van der Waals surface area contributed by atoms with E-state index in [0.29, 0.717) is 26.0 Å². The summed E-state index contributed by atoms with van der Waals surface area (Å²) in [6.45, 7) is 2.51. The van der Waals surface area contributed by atoms with Crippen LogP contribution in [0.25, 0.3) is 6.08 Å². The van der Waals surface area contributed by atoms with Crippen molar-refractivity contribution in [2.24, 2.45) is 0 Å². The highest BCUT2D eigenvalue weighted by atomic mass is 79.9. The molecule has 0 saturated carbocycles. The Kier molecular flexibility index (Phi) is 5.46. The van der Waals surface area contributed by atoms with Crippen LogP contribution in [0.15, 0.2) is 51.8 Å². The first kappa shape index (κ1) is 18.0. The van der Waals surface area contributed by atoms with E-state index in [1.54, 1.807) is 24.3 Å². The van der Waals surface area contributed by atoms with E-state index in [1.165, 1.54) is 16.7 Å². The summed E-state index contributed by atoms with van der Waals surface area (Å²) in [5.74, 6) is 0.739. The van der Waals surface area contributed by atoms with E-state index in [9.17, 15) is 9.90 Å². The van der Waals surface area contributed by atoms with E-state index in [-0.39, 0.29) is 11.7 Å². The van der Waals surface area contributed by atoms with Gasteiger partial charge in [0, 0.05) is 0 Å². The number of hydrogen-bond donors (Lipinski definition) is 1. The molecule has 0 bridgehead atoms. The molecule has 25 heavy (non-hydrogen) atoms. The number of halogens is 1. The zero-order valence-electron chi connectivity index (χ0n) is 13.2. The maximum absolute atomic E-state index is 12.7. The lowest BCUT2D eigenvalue weighted by atomic mass is 10.2. The molecule has 128 valence electrons. The quantitative estimate of drug-likeness (QED) is 0.543. The van der Waals surface area contributed by atoms with Gasteiger partial charge in [-0.15, -0.1) is 0 Å². The molecule has 1 aliphatic heterocycles. The summed E-state index contributed by atoms with van der Waals surface area (Å²) >= 11 is 9.90. The molecule has 1 N–H and O–H groups in total. The Morgan fingerprint density at radius 2 is 2.00 bits per heavy atom. The minimum absolute atomic E-state index is 0.152. The summed E-state index contributed by atoms with van der Waals surface area (Å²) in [5, 5.41) is 9.57. The molecule has 2 aromatic carbocycles. The molecule has 0 spiro atoms. The van der Waals surface area contributed by atoms with Gasteiger partial charge in [0.1, 0.15) is 11.5 Å². The standard InChI is InChI=1S/C18H14BrNO3S2/c1-2-23-13-6-4-12(5-7-13)20-17(22)16(25-18(20)24)10-11-3-8-15(21)14(19)9-11/h3-10,21H,2H2,1H3/b16-10+. The number of amides is 1. The van der Waals surface area contributed by atoms with E-state index in [0.717, 1.165) is 11.3 Å². The van der Waals surface area contributed by atoms with Crippen molar-refractivity contribution in [2.75, 3.05) is 11.5 Å². The smallest absolute Gasteiger partial charge is 0.270 e. The Labute approximate surface area is 163 Å². The molecule has 0 unspecified atom stereocenters. The summed E-state index contributed by atoms with van der Waals surface area (Å²) in [5.41, 5.74) is 1.51. The number of carbonyl (C=O) groups is 1. The highest BCUT2D eigenvalue weighted by Crippen LogP contribution is 2.37. The van der Waals surface area contributed by atoms with Gasteiger partial charge in [-0.2, -0.15) is 0 Å². The van der Waals surface area contributed by atoms with Crippen molar-refractivity contribution < 1.29 is 14.6 Å². The van der Waals surface area contributed by atoms with Crippen molar-refractivity contribution in [1.82, 2.24) is 0 Å². The number of thiocarbonyl (C=S) groups is 1. The van der Waals surface area contributed by atoms with Crippen molar-refractivity contribution in [1.29, 1.82) is 0 Å². The third kappa shape index (κ3) is 3.89. The maximum Gasteiger partial charge on any atom is 0.270 e. The van der Waals surface area contributed by atoms with Gasteiger partial charge in [0.05, 0.1) is 21.7 Å². The predicted molar refractivity (Wildman–Crippen MR) is 109 cm³/mol. The van der Waals surface area contributed by atoms with Crippen LogP contribution in [0.3, 0.4) is 0 Å². The van der Waals surface area contributed by atoms with Crippen LogP contribution in [0.4, 0.5) is 5.69 Å². The maximum atomic E-state index is 12.7. The number of nitrogens with zero attached hydrogens (tertiary/aromatic N) is 1. The molecule has 4 nitrogen and oxygen atoms in total. The molecule has 1 fully saturated rings. The average molecular weight is 436 g/mol. The fraction of sp³-hybridized carbons (Fsp3) is 0.111. The van der Waals surface area contributed by atoms with Crippen molar-refractivity contribution in [2.45, 2.75) is 6.92 Å². The minimum atomic E-state index is -0.164. The molecule has 1 saturated heterocycles. The van der Waals surface area contributed by atoms with Gasteiger partial charge >= 0.3 is 0 Å². The van der Waals surface area contributed by atoms with Gasteiger partial charge in [0.15, 0.2) is 4.32 Å². The fourth-order valence-electron chi connectivity index (χ4n) is 2.31. The molecule has 0 aromatic heterocycles. The molecule has 2 aromatic rings. The van der Waals surface area contributed by atoms with Crippen molar-refractivity contribution >= 4 is 61.9 Å². The lowest BCUT2D eigenvalue weighted by Crippen LogP contribution is -2.27. The van der Waals surface area contributed by atoms with E-state index in [2.05, 4.69) is 15.9 Å². The molecule has 7 heteroatoms. The zero-order valence-corrected chi connectivity index (χ0v) is 16.5. The summed E-state index contributed by atoms with van der Waals surface area (Å²) in [4.78, 5) is 14.8. The minimum Gasteiger partial charge on any atom is -0.507 e. The van der Waals surface area contributed by atoms with E-state index < -0.39 is 0 Å². The molecule has 1 aliphatic rings. The SMILES string of the molecule is CCOc1ccc(N2C(=O)/C(=C\c3ccc(O)c(Br)c3)SC2=S)cc1. The Morgan fingerprint density at radius 1 is 1.28 bits per heavy atom. The Hall–Kier alpha value is -1.83. The van der Waals surface area contributed by atoms with Gasteiger partial charge in [0.25, 0.3) is 5.91 Å². The number of hydrogen-bond acceptors (Lipinski definition) is 5. The topological polar surface area (TPSA) is 49.8 Å². The second-order valence-electron chi connectivity index (χ2n) is 5.15. The number of phenols is 1. The largest absolute Gasteiger partial charge is 0.507 e. The summed E-state index contributed by atoms with van der Waals surface area (Å²) < 4.78 is 6.48. The van der Waals surface area contributed by atoms with E-state index in [4.69, 9.17) is 17.0 Å². The molecule has 0 aliphatic carbocycles. The fourth-order valence-corrected chi connectivity index (χ4v) is 4.01. The van der Waals surface area contributed by atoms with Crippen LogP contribution in [0, 0.1) is 0 Å². The summed E-state index contributed by atoms with van der Waals surface area (Å²) in [6.07, 6.45) is 1.76. The van der Waals surface area contributed by atoms with Crippen LogP contribution in [0.2, 0.25) is 0 Å².